The molecule has 148 valence electrons. The number of fused-ring (bicyclic) bond motifs is 1. The number of hydrogen-bond donors (Lipinski definition) is 5. The van der Waals surface area contributed by atoms with Crippen molar-refractivity contribution in [3.05, 3.63) is 59.3 Å². The van der Waals surface area contributed by atoms with Crippen molar-refractivity contribution >= 4 is 28.1 Å². The smallest absolute Gasteiger partial charge is 0.132 e. The summed E-state index contributed by atoms with van der Waals surface area (Å²) in [5.41, 5.74) is 17.2. The fourth-order valence-corrected chi connectivity index (χ4v) is 2.82. The molecule has 2 rings (SSSR count). The van der Waals surface area contributed by atoms with Gasteiger partial charge in [0.25, 0.3) is 0 Å². The number of hydrogen-bond acceptors (Lipinski definition) is 7. The van der Waals surface area contributed by atoms with Crippen LogP contribution in [0, 0.1) is 11.3 Å². The first kappa shape index (κ1) is 21.0. The normalized spacial score (nSPS) is 13.5. The number of allylic oxidation sites excluding steroid dienone is 4. The molecule has 2 heterocycles. The number of nitrogens with one attached hydrogen (secondary N) is 3. The van der Waals surface area contributed by atoms with Gasteiger partial charge in [-0.05, 0) is 55.8 Å². The third-order valence-corrected chi connectivity index (χ3v) is 4.40. The van der Waals surface area contributed by atoms with Gasteiger partial charge >= 0.3 is 0 Å². The topological polar surface area (TPSA) is 126 Å². The van der Waals surface area contributed by atoms with Crippen LogP contribution >= 0.6 is 0 Å². The first-order chi connectivity index (χ1) is 13.3. The van der Waals surface area contributed by atoms with Crippen LogP contribution in [0.4, 0.5) is 5.82 Å². The zero-order valence-corrected chi connectivity index (χ0v) is 17.1. The Kier molecular flexibility index (Phi) is 6.76. The molecule has 28 heavy (non-hydrogen) atoms. The Hall–Kier alpha value is -3.35. The molecule has 2 aromatic heterocycles. The van der Waals surface area contributed by atoms with E-state index in [0.29, 0.717) is 17.4 Å². The minimum atomic E-state index is 0.270. The fourth-order valence-electron chi connectivity index (χ4n) is 2.82. The maximum atomic E-state index is 8.09. The molecule has 2 aromatic rings. The van der Waals surface area contributed by atoms with Crippen molar-refractivity contribution in [2.45, 2.75) is 27.7 Å². The summed E-state index contributed by atoms with van der Waals surface area (Å²) in [6.07, 6.45) is 5.13. The summed E-state index contributed by atoms with van der Waals surface area (Å²) in [6.45, 7) is 7.79. The van der Waals surface area contributed by atoms with Gasteiger partial charge in [-0.2, -0.15) is 0 Å². The van der Waals surface area contributed by atoms with E-state index in [-0.39, 0.29) is 5.92 Å². The Bertz CT molecular complexity index is 968. The molecule has 0 bridgehead atoms. The van der Waals surface area contributed by atoms with Gasteiger partial charge in [0.1, 0.15) is 11.6 Å². The van der Waals surface area contributed by atoms with Gasteiger partial charge < -0.3 is 27.5 Å². The Morgan fingerprint density at radius 1 is 1.21 bits per heavy atom. The molecule has 0 saturated carbocycles. The van der Waals surface area contributed by atoms with E-state index >= 15 is 0 Å². The zero-order valence-electron chi connectivity index (χ0n) is 17.1. The van der Waals surface area contributed by atoms with Crippen LogP contribution in [0.1, 0.15) is 33.3 Å². The largest absolute Gasteiger partial charge is 0.404 e. The second-order valence-electron chi connectivity index (χ2n) is 6.88. The molecule has 0 radical (unpaired) electrons. The Morgan fingerprint density at radius 2 is 1.93 bits per heavy atom. The van der Waals surface area contributed by atoms with Crippen molar-refractivity contribution in [1.82, 2.24) is 15.3 Å². The number of nitrogens with zero attached hydrogens (tertiary/aromatic N) is 2. The summed E-state index contributed by atoms with van der Waals surface area (Å²) in [5, 5.41) is 14.3. The number of nitrogens with two attached hydrogens (primary N) is 2. The third kappa shape index (κ3) is 4.88. The standard InChI is InChI=1S/C21H29N7/c1-12(2)15(10-22)9-19(24)28-20-7-6-17-18(27-20)8-16(11-26-17)21(13(3)23)14(4)25-5/h6-12,23,25H,22,24H2,1-5H3,(H,27,28)/b15-10+,19-9+,21-14+,23-13?. The van der Waals surface area contributed by atoms with E-state index in [9.17, 15) is 0 Å². The van der Waals surface area contributed by atoms with Crippen LogP contribution in [0.25, 0.3) is 16.6 Å². The molecule has 0 spiro atoms. The monoisotopic (exact) mass is 379 g/mol. The van der Waals surface area contributed by atoms with Gasteiger partial charge in [0, 0.05) is 35.8 Å². The first-order valence-electron chi connectivity index (χ1n) is 9.14. The minimum absolute atomic E-state index is 0.270. The summed E-state index contributed by atoms with van der Waals surface area (Å²) >= 11 is 0. The number of aromatic nitrogens is 2. The molecule has 0 saturated heterocycles. The van der Waals surface area contributed by atoms with E-state index in [4.69, 9.17) is 16.9 Å². The van der Waals surface area contributed by atoms with Crippen LogP contribution in [0.2, 0.25) is 0 Å². The van der Waals surface area contributed by atoms with Crippen LogP contribution in [0.3, 0.4) is 0 Å². The highest BCUT2D eigenvalue weighted by molar-refractivity contribution is 6.22. The van der Waals surface area contributed by atoms with Gasteiger partial charge in [0.15, 0.2) is 0 Å². The van der Waals surface area contributed by atoms with E-state index in [2.05, 4.69) is 20.6 Å². The lowest BCUT2D eigenvalue weighted by molar-refractivity contribution is 0.786. The van der Waals surface area contributed by atoms with E-state index in [1.165, 1.54) is 0 Å². The van der Waals surface area contributed by atoms with Gasteiger partial charge in [0.05, 0.1) is 11.0 Å². The van der Waals surface area contributed by atoms with Crippen LogP contribution in [-0.2, 0) is 0 Å². The van der Waals surface area contributed by atoms with Crippen molar-refractivity contribution in [2.24, 2.45) is 17.4 Å². The maximum Gasteiger partial charge on any atom is 0.132 e. The molecule has 0 fully saturated rings. The van der Waals surface area contributed by atoms with Crippen LogP contribution in [-0.4, -0.2) is 22.7 Å². The van der Waals surface area contributed by atoms with E-state index < -0.39 is 0 Å². The van der Waals surface area contributed by atoms with Crippen molar-refractivity contribution in [1.29, 1.82) is 5.41 Å². The van der Waals surface area contributed by atoms with Gasteiger partial charge in [-0.15, -0.1) is 0 Å². The van der Waals surface area contributed by atoms with Crippen LogP contribution in [0.15, 0.2) is 53.8 Å². The molecule has 0 aliphatic carbocycles. The highest BCUT2D eigenvalue weighted by Crippen LogP contribution is 2.23. The second-order valence-corrected chi connectivity index (χ2v) is 6.88. The summed E-state index contributed by atoms with van der Waals surface area (Å²) in [4.78, 5) is 9.11. The van der Waals surface area contributed by atoms with E-state index in [1.807, 2.05) is 46.0 Å². The molecule has 0 amide bonds. The Morgan fingerprint density at radius 3 is 2.50 bits per heavy atom. The Labute approximate surface area is 166 Å². The lowest BCUT2D eigenvalue weighted by Gasteiger charge is -2.12. The maximum absolute atomic E-state index is 8.09. The first-order valence-corrected chi connectivity index (χ1v) is 9.14. The molecule has 7 heteroatoms. The summed E-state index contributed by atoms with van der Waals surface area (Å²) in [5.74, 6) is 1.35. The fraction of sp³-hybridized carbons (Fsp3) is 0.286. The molecule has 0 aliphatic heterocycles. The van der Waals surface area contributed by atoms with Gasteiger partial charge in [-0.3, -0.25) is 4.98 Å². The molecule has 0 unspecified atom stereocenters. The molecule has 7 nitrogen and oxygen atoms in total. The Balaban J connectivity index is 2.42. The average Bonchev–Trinajstić information content (AvgIpc) is 2.65. The lowest BCUT2D eigenvalue weighted by Crippen LogP contribution is -2.12. The SMILES string of the molecule is CN/C(C)=C(\C(C)=N)c1cnc2ccc(N/C(N)=C/C(=C\N)C(C)C)nc2c1. The van der Waals surface area contributed by atoms with E-state index in [1.54, 1.807) is 25.4 Å². The number of rotatable bonds is 7. The van der Waals surface area contributed by atoms with Crippen molar-refractivity contribution < 1.29 is 0 Å². The van der Waals surface area contributed by atoms with Crippen molar-refractivity contribution in [3.63, 3.8) is 0 Å². The van der Waals surface area contributed by atoms with Crippen LogP contribution in [0.5, 0.6) is 0 Å². The second kappa shape index (κ2) is 9.03. The molecular weight excluding hydrogens is 350 g/mol. The molecule has 0 aliphatic rings. The lowest BCUT2D eigenvalue weighted by atomic mass is 10.0. The van der Waals surface area contributed by atoms with Crippen molar-refractivity contribution in [3.8, 4) is 0 Å². The summed E-state index contributed by atoms with van der Waals surface area (Å²) in [7, 11) is 1.84. The number of pyridine rings is 2. The predicted octanol–water partition coefficient (Wildman–Crippen LogP) is 3.33. The molecule has 7 N–H and O–H groups in total. The summed E-state index contributed by atoms with van der Waals surface area (Å²) < 4.78 is 0. The predicted molar refractivity (Wildman–Crippen MR) is 118 cm³/mol. The zero-order chi connectivity index (χ0) is 20.8. The average molecular weight is 380 g/mol. The van der Waals surface area contributed by atoms with E-state index in [0.717, 1.165) is 33.4 Å². The highest BCUT2D eigenvalue weighted by Gasteiger charge is 2.11. The van der Waals surface area contributed by atoms with Gasteiger partial charge in [0.2, 0.25) is 0 Å². The van der Waals surface area contributed by atoms with Gasteiger partial charge in [-0.1, -0.05) is 13.8 Å². The summed E-state index contributed by atoms with van der Waals surface area (Å²) in [6, 6.07) is 5.64. The number of anilines is 1. The highest BCUT2D eigenvalue weighted by atomic mass is 15.1. The molecule has 0 atom stereocenters. The molecule has 0 aromatic carbocycles. The van der Waals surface area contributed by atoms with Gasteiger partial charge in [-0.25, -0.2) is 4.98 Å². The minimum Gasteiger partial charge on any atom is -0.404 e. The third-order valence-electron chi connectivity index (χ3n) is 4.40. The van der Waals surface area contributed by atoms with Crippen LogP contribution < -0.4 is 22.1 Å². The molecular formula is C21H29N7. The quantitative estimate of drug-likeness (QED) is 0.371. The van der Waals surface area contributed by atoms with Crippen molar-refractivity contribution in [2.75, 3.05) is 12.4 Å².